The normalized spacial score (nSPS) is 10.8. The Morgan fingerprint density at radius 2 is 1.92 bits per heavy atom. The quantitative estimate of drug-likeness (QED) is 0.654. The van der Waals surface area contributed by atoms with Gasteiger partial charge in [0.25, 0.3) is 0 Å². The summed E-state index contributed by atoms with van der Waals surface area (Å²) >= 11 is 0. The van der Waals surface area contributed by atoms with Crippen LogP contribution in [0.1, 0.15) is 0 Å². The average Bonchev–Trinajstić information content (AvgIpc) is 2.35. The summed E-state index contributed by atoms with van der Waals surface area (Å²) < 4.78 is 29.7. The number of aromatic nitrogens is 1. The Labute approximate surface area is 65.7 Å². The molecule has 0 radical (unpaired) electrons. The molecule has 1 aromatic carbocycles. The lowest BCUT2D eigenvalue weighted by atomic mass is 10.2. The minimum atomic E-state index is -0.962. The molecular formula is C7H4F2N2O. The summed E-state index contributed by atoms with van der Waals surface area (Å²) in [6.45, 7) is 0. The summed E-state index contributed by atoms with van der Waals surface area (Å²) in [6, 6.07) is 1.89. The molecule has 0 spiro atoms. The minimum absolute atomic E-state index is 0.0103. The standard InChI is InChI=1S/C7H4F2N2O/c8-4-1-3-6(2-5(4)9)11-12-7(3)10/h1-2H,10H2. The molecule has 2 aromatic rings. The van der Waals surface area contributed by atoms with Crippen molar-refractivity contribution >= 4 is 16.8 Å². The van der Waals surface area contributed by atoms with E-state index in [0.29, 0.717) is 0 Å². The summed E-state index contributed by atoms with van der Waals surface area (Å²) in [4.78, 5) is 0. The summed E-state index contributed by atoms with van der Waals surface area (Å²) in [5.74, 6) is -1.93. The lowest BCUT2D eigenvalue weighted by Gasteiger charge is -1.90. The molecule has 0 atom stereocenters. The highest BCUT2D eigenvalue weighted by Crippen LogP contribution is 2.22. The molecular weight excluding hydrogens is 166 g/mol. The van der Waals surface area contributed by atoms with Gasteiger partial charge < -0.3 is 10.3 Å². The fraction of sp³-hybridized carbons (Fsp3) is 0. The van der Waals surface area contributed by atoms with Gasteiger partial charge in [0.1, 0.15) is 5.52 Å². The van der Waals surface area contributed by atoms with Crippen LogP contribution in [0.4, 0.5) is 14.7 Å². The largest absolute Gasteiger partial charge is 0.367 e. The monoisotopic (exact) mass is 170 g/mol. The van der Waals surface area contributed by atoms with Crippen LogP contribution in [0.3, 0.4) is 0 Å². The van der Waals surface area contributed by atoms with Crippen molar-refractivity contribution in [2.75, 3.05) is 5.73 Å². The van der Waals surface area contributed by atoms with Gasteiger partial charge in [-0.2, -0.15) is 0 Å². The maximum Gasteiger partial charge on any atom is 0.230 e. The van der Waals surface area contributed by atoms with Crippen molar-refractivity contribution in [1.82, 2.24) is 5.16 Å². The zero-order chi connectivity index (χ0) is 8.72. The van der Waals surface area contributed by atoms with E-state index >= 15 is 0 Å². The summed E-state index contributed by atoms with van der Waals surface area (Å²) in [7, 11) is 0. The van der Waals surface area contributed by atoms with E-state index in [-0.39, 0.29) is 16.8 Å². The number of halogens is 2. The molecule has 3 nitrogen and oxygen atoms in total. The molecule has 0 unspecified atom stereocenters. The predicted octanol–water partition coefficient (Wildman–Crippen LogP) is 1.69. The molecule has 0 amide bonds. The first-order chi connectivity index (χ1) is 5.68. The SMILES string of the molecule is Nc1onc2cc(F)c(F)cc12. The molecule has 1 heterocycles. The smallest absolute Gasteiger partial charge is 0.230 e. The van der Waals surface area contributed by atoms with Crippen LogP contribution in [0.5, 0.6) is 0 Å². The average molecular weight is 170 g/mol. The molecule has 5 heteroatoms. The van der Waals surface area contributed by atoms with Crippen LogP contribution >= 0.6 is 0 Å². The van der Waals surface area contributed by atoms with Gasteiger partial charge in [0.15, 0.2) is 11.6 Å². The summed E-state index contributed by atoms with van der Waals surface area (Å²) in [6.07, 6.45) is 0. The summed E-state index contributed by atoms with van der Waals surface area (Å²) in [5.41, 5.74) is 5.49. The van der Waals surface area contributed by atoms with Gasteiger partial charge in [0.2, 0.25) is 5.88 Å². The van der Waals surface area contributed by atoms with E-state index in [2.05, 4.69) is 9.68 Å². The van der Waals surface area contributed by atoms with Crippen LogP contribution < -0.4 is 5.73 Å². The van der Waals surface area contributed by atoms with E-state index in [1.54, 1.807) is 0 Å². The van der Waals surface area contributed by atoms with Crippen LogP contribution in [-0.4, -0.2) is 5.16 Å². The predicted molar refractivity (Wildman–Crippen MR) is 38.3 cm³/mol. The molecule has 0 aliphatic heterocycles. The topological polar surface area (TPSA) is 52.0 Å². The van der Waals surface area contributed by atoms with Gasteiger partial charge in [-0.1, -0.05) is 5.16 Å². The second kappa shape index (κ2) is 2.17. The number of rotatable bonds is 0. The Morgan fingerprint density at radius 1 is 1.25 bits per heavy atom. The molecule has 1 aromatic heterocycles. The zero-order valence-corrected chi connectivity index (χ0v) is 5.84. The van der Waals surface area contributed by atoms with Gasteiger partial charge >= 0.3 is 0 Å². The Balaban J connectivity index is 2.87. The molecule has 0 bridgehead atoms. The van der Waals surface area contributed by atoms with Gasteiger partial charge in [0, 0.05) is 6.07 Å². The maximum absolute atomic E-state index is 12.6. The Bertz CT molecular complexity index is 438. The van der Waals surface area contributed by atoms with Crippen LogP contribution in [0.2, 0.25) is 0 Å². The number of fused-ring (bicyclic) bond motifs is 1. The Morgan fingerprint density at radius 3 is 2.67 bits per heavy atom. The fourth-order valence-electron chi connectivity index (χ4n) is 0.957. The van der Waals surface area contributed by atoms with Gasteiger partial charge in [0.05, 0.1) is 5.39 Å². The van der Waals surface area contributed by atoms with E-state index < -0.39 is 11.6 Å². The summed E-state index contributed by atoms with van der Waals surface area (Å²) in [5, 5.41) is 3.70. The Hall–Kier alpha value is -1.65. The first-order valence-electron chi connectivity index (χ1n) is 3.18. The van der Waals surface area contributed by atoms with Crippen LogP contribution in [0.25, 0.3) is 10.9 Å². The van der Waals surface area contributed by atoms with Gasteiger partial charge in [-0.15, -0.1) is 0 Å². The lowest BCUT2D eigenvalue weighted by molar-refractivity contribution is 0.445. The molecule has 0 saturated heterocycles. The number of hydrogen-bond donors (Lipinski definition) is 1. The van der Waals surface area contributed by atoms with E-state index in [4.69, 9.17) is 5.73 Å². The number of nitrogen functional groups attached to an aromatic ring is 1. The third kappa shape index (κ3) is 0.827. The van der Waals surface area contributed by atoms with E-state index in [0.717, 1.165) is 12.1 Å². The molecule has 0 fully saturated rings. The number of benzene rings is 1. The van der Waals surface area contributed by atoms with E-state index in [9.17, 15) is 8.78 Å². The van der Waals surface area contributed by atoms with Crippen molar-refractivity contribution in [2.45, 2.75) is 0 Å². The van der Waals surface area contributed by atoms with Crippen LogP contribution in [0.15, 0.2) is 16.7 Å². The highest BCUT2D eigenvalue weighted by atomic mass is 19.2. The van der Waals surface area contributed by atoms with Crippen molar-refractivity contribution in [3.05, 3.63) is 23.8 Å². The molecule has 0 aliphatic carbocycles. The third-order valence-electron chi connectivity index (χ3n) is 1.55. The zero-order valence-electron chi connectivity index (χ0n) is 5.84. The first-order valence-corrected chi connectivity index (χ1v) is 3.18. The molecule has 2 rings (SSSR count). The van der Waals surface area contributed by atoms with E-state index in [1.807, 2.05) is 0 Å². The first kappa shape index (κ1) is 7.02. The second-order valence-electron chi connectivity index (χ2n) is 2.33. The number of anilines is 1. The van der Waals surface area contributed by atoms with Crippen molar-refractivity contribution in [3.63, 3.8) is 0 Å². The maximum atomic E-state index is 12.6. The molecule has 0 aliphatic rings. The van der Waals surface area contributed by atoms with E-state index in [1.165, 1.54) is 0 Å². The van der Waals surface area contributed by atoms with Gasteiger partial charge in [-0.05, 0) is 6.07 Å². The van der Waals surface area contributed by atoms with Crippen molar-refractivity contribution < 1.29 is 13.3 Å². The Kier molecular flexibility index (Phi) is 1.27. The van der Waals surface area contributed by atoms with Gasteiger partial charge in [-0.25, -0.2) is 8.78 Å². The van der Waals surface area contributed by atoms with Crippen LogP contribution in [-0.2, 0) is 0 Å². The third-order valence-corrected chi connectivity index (χ3v) is 1.55. The number of nitrogens with zero attached hydrogens (tertiary/aromatic N) is 1. The van der Waals surface area contributed by atoms with Crippen molar-refractivity contribution in [3.8, 4) is 0 Å². The van der Waals surface area contributed by atoms with Crippen LogP contribution in [0, 0.1) is 11.6 Å². The highest BCUT2D eigenvalue weighted by Gasteiger charge is 2.09. The van der Waals surface area contributed by atoms with Crippen molar-refractivity contribution in [1.29, 1.82) is 0 Å². The molecule has 62 valence electrons. The van der Waals surface area contributed by atoms with Crippen molar-refractivity contribution in [2.24, 2.45) is 0 Å². The number of hydrogen-bond acceptors (Lipinski definition) is 3. The lowest BCUT2D eigenvalue weighted by Crippen LogP contribution is -1.85. The highest BCUT2D eigenvalue weighted by molar-refractivity contribution is 5.87. The van der Waals surface area contributed by atoms with Gasteiger partial charge in [-0.3, -0.25) is 0 Å². The molecule has 2 N–H and O–H groups in total. The molecule has 12 heavy (non-hydrogen) atoms. The molecule has 0 saturated carbocycles. The number of nitrogens with two attached hydrogens (primary N) is 1. The second-order valence-corrected chi connectivity index (χ2v) is 2.33. The minimum Gasteiger partial charge on any atom is -0.367 e. The fourth-order valence-corrected chi connectivity index (χ4v) is 0.957.